The maximum Gasteiger partial charge on any atom is 0.145 e. The lowest BCUT2D eigenvalue weighted by Gasteiger charge is -2.18. The molecule has 0 aliphatic carbocycles. The highest BCUT2D eigenvalue weighted by Gasteiger charge is 2.18. The second kappa shape index (κ2) is 9.62. The highest BCUT2D eigenvalue weighted by Crippen LogP contribution is 2.44. The van der Waals surface area contributed by atoms with Crippen LogP contribution in [0.15, 0.2) is 158 Å². The van der Waals surface area contributed by atoms with E-state index in [1.807, 2.05) is 47.0 Å². The van der Waals surface area contributed by atoms with E-state index < -0.39 is 6.04 Å². The maximum absolute atomic E-state index is 8.73. The molecule has 0 bridgehead atoms. The number of aromatic nitrogens is 2. The smallest absolute Gasteiger partial charge is 0.145 e. The third-order valence-corrected chi connectivity index (χ3v) is 7.67. The van der Waals surface area contributed by atoms with Crippen LogP contribution in [0.3, 0.4) is 0 Å². The summed E-state index contributed by atoms with van der Waals surface area (Å²) < 4.78 is 44.1. The van der Waals surface area contributed by atoms with E-state index in [1.165, 1.54) is 5.56 Å². The van der Waals surface area contributed by atoms with Gasteiger partial charge in [-0.2, -0.15) is 0 Å². The third kappa shape index (κ3) is 3.84. The van der Waals surface area contributed by atoms with E-state index in [-0.39, 0.29) is 29.7 Å². The molecular weight excluding hydrogens is 496 g/mol. The molecule has 0 radical (unpaired) electrons. The summed E-state index contributed by atoms with van der Waals surface area (Å²) in [5, 5.41) is 4.55. The van der Waals surface area contributed by atoms with Gasteiger partial charge in [-0.25, -0.2) is 4.98 Å². The lowest BCUT2D eigenvalue weighted by molar-refractivity contribution is 1.10. The van der Waals surface area contributed by atoms with Crippen LogP contribution in [0.25, 0.3) is 71.9 Å². The van der Waals surface area contributed by atoms with E-state index in [0.717, 1.165) is 49.4 Å². The fraction of sp³-hybridized carbons (Fsp3) is 0. The molecule has 2 nitrogen and oxygen atoms in total. The van der Waals surface area contributed by atoms with Crippen molar-refractivity contribution in [1.29, 1.82) is 0 Å². The van der Waals surface area contributed by atoms with Crippen molar-refractivity contribution >= 4 is 32.6 Å². The molecule has 8 rings (SSSR count). The molecule has 0 unspecified atom stereocenters. The third-order valence-electron chi connectivity index (χ3n) is 7.67. The fourth-order valence-electron chi connectivity index (χ4n) is 5.97. The molecule has 0 fully saturated rings. The minimum Gasteiger partial charge on any atom is -0.292 e. The molecular formula is C39H26N2. The average Bonchev–Trinajstić information content (AvgIpc) is 3.48. The molecule has 0 spiro atoms. The molecule has 0 saturated carbocycles. The topological polar surface area (TPSA) is 17.8 Å². The van der Waals surface area contributed by atoms with Gasteiger partial charge in [-0.15, -0.1) is 0 Å². The van der Waals surface area contributed by atoms with Crippen molar-refractivity contribution in [3.05, 3.63) is 158 Å². The van der Waals surface area contributed by atoms with Gasteiger partial charge in [0.25, 0.3) is 0 Å². The Balaban J connectivity index is 1.43. The molecule has 41 heavy (non-hydrogen) atoms. The number of nitrogens with zero attached hydrogens (tertiary/aromatic N) is 2. The minimum atomic E-state index is -0.430. The molecule has 0 atom stereocenters. The molecule has 0 aliphatic rings. The Morgan fingerprint density at radius 1 is 0.488 bits per heavy atom. The lowest BCUT2D eigenvalue weighted by atomic mass is 9.86. The van der Waals surface area contributed by atoms with Crippen molar-refractivity contribution in [2.75, 3.05) is 0 Å². The number of hydrogen-bond donors (Lipinski definition) is 0. The molecule has 1 heterocycles. The van der Waals surface area contributed by atoms with Gasteiger partial charge < -0.3 is 0 Å². The van der Waals surface area contributed by atoms with Crippen LogP contribution in [0, 0.1) is 0 Å². The second-order valence-corrected chi connectivity index (χ2v) is 10.0. The molecule has 7 aromatic carbocycles. The van der Waals surface area contributed by atoms with Crippen LogP contribution in [-0.2, 0) is 0 Å². The Kier molecular flexibility index (Phi) is 4.40. The predicted molar refractivity (Wildman–Crippen MR) is 172 cm³/mol. The average molecular weight is 528 g/mol. The molecule has 0 aliphatic heterocycles. The summed E-state index contributed by atoms with van der Waals surface area (Å²) in [4.78, 5) is 4.84. The highest BCUT2D eigenvalue weighted by molar-refractivity contribution is 6.21. The van der Waals surface area contributed by atoms with Crippen molar-refractivity contribution in [2.24, 2.45) is 0 Å². The van der Waals surface area contributed by atoms with Crippen LogP contribution < -0.4 is 0 Å². The summed E-state index contributed by atoms with van der Waals surface area (Å²) >= 11 is 0. The Labute approximate surface area is 245 Å². The van der Waals surface area contributed by atoms with Crippen molar-refractivity contribution in [1.82, 2.24) is 9.55 Å². The second-order valence-electron chi connectivity index (χ2n) is 10.0. The first-order chi connectivity index (χ1) is 22.4. The van der Waals surface area contributed by atoms with Crippen LogP contribution in [0.5, 0.6) is 0 Å². The normalized spacial score (nSPS) is 13.1. The first-order valence-electron chi connectivity index (χ1n) is 16.1. The Bertz CT molecular complexity index is 2400. The monoisotopic (exact) mass is 527 g/mol. The zero-order valence-electron chi connectivity index (χ0n) is 27.0. The SMILES string of the molecule is [2H]c1c([2H])c([2H])c(-c2nc3ccccc3n2-c2cccc(-c3c4ccccc4c(-c4ccccc4)c4ccccc34)c2)c([2H])c1[2H]. The predicted octanol–water partition coefficient (Wildman–Crippen LogP) is 10.3. The van der Waals surface area contributed by atoms with E-state index in [4.69, 9.17) is 11.8 Å². The Hall–Kier alpha value is -5.47. The molecule has 2 heteroatoms. The number of rotatable bonds is 4. The largest absolute Gasteiger partial charge is 0.292 e. The van der Waals surface area contributed by atoms with E-state index in [1.54, 1.807) is 0 Å². The van der Waals surface area contributed by atoms with Crippen LogP contribution in [0.1, 0.15) is 6.85 Å². The highest BCUT2D eigenvalue weighted by atomic mass is 15.1. The fourth-order valence-corrected chi connectivity index (χ4v) is 5.97. The molecule has 0 amide bonds. The minimum absolute atomic E-state index is 0.0655. The molecule has 0 saturated heterocycles. The van der Waals surface area contributed by atoms with Crippen LogP contribution in [-0.4, -0.2) is 9.55 Å². The summed E-state index contributed by atoms with van der Waals surface area (Å²) in [6.07, 6.45) is 0. The van der Waals surface area contributed by atoms with Gasteiger partial charge in [-0.3, -0.25) is 4.57 Å². The number of benzene rings is 7. The molecule has 0 N–H and O–H groups in total. The summed E-state index contributed by atoms with van der Waals surface area (Å²) in [7, 11) is 0. The molecule has 192 valence electrons. The van der Waals surface area contributed by atoms with Gasteiger partial charge in [0, 0.05) is 11.3 Å². The standard InChI is InChI=1S/C39H26N2/c1-3-14-27(15-4-1)37-31-20-7-9-22-33(31)38(34-23-10-8-21-32(34)37)29-18-13-19-30(26-29)41-36-25-12-11-24-35(36)40-39(41)28-16-5-2-6-17-28/h1-26H/i2D,5D,6D,16D,17D. The van der Waals surface area contributed by atoms with Crippen molar-refractivity contribution in [2.45, 2.75) is 0 Å². The number of imidazole rings is 1. The Morgan fingerprint density at radius 2 is 1.05 bits per heavy atom. The van der Waals surface area contributed by atoms with E-state index in [0.29, 0.717) is 11.3 Å². The van der Waals surface area contributed by atoms with Gasteiger partial charge in [0.2, 0.25) is 0 Å². The lowest BCUT2D eigenvalue weighted by Crippen LogP contribution is -1.98. The van der Waals surface area contributed by atoms with E-state index in [9.17, 15) is 0 Å². The van der Waals surface area contributed by atoms with Gasteiger partial charge in [0.15, 0.2) is 0 Å². The number of para-hydroxylation sites is 2. The van der Waals surface area contributed by atoms with Crippen molar-refractivity contribution in [3.63, 3.8) is 0 Å². The Morgan fingerprint density at radius 3 is 1.73 bits per heavy atom. The summed E-state index contributed by atoms with van der Waals surface area (Å²) in [5.74, 6) is 0.296. The first kappa shape index (κ1) is 18.8. The molecule has 1 aromatic heterocycles. The van der Waals surface area contributed by atoms with Gasteiger partial charge in [0.1, 0.15) is 5.82 Å². The van der Waals surface area contributed by atoms with Gasteiger partial charge in [0.05, 0.1) is 17.9 Å². The van der Waals surface area contributed by atoms with E-state index >= 15 is 0 Å². The maximum atomic E-state index is 8.73. The first-order valence-corrected chi connectivity index (χ1v) is 13.6. The quantitative estimate of drug-likeness (QED) is 0.208. The zero-order chi connectivity index (χ0) is 31.5. The number of fused-ring (bicyclic) bond motifs is 3. The van der Waals surface area contributed by atoms with Crippen LogP contribution >= 0.6 is 0 Å². The summed E-state index contributed by atoms with van der Waals surface area (Å²) in [6.45, 7) is 0. The van der Waals surface area contributed by atoms with Crippen molar-refractivity contribution in [3.8, 4) is 39.3 Å². The zero-order valence-corrected chi connectivity index (χ0v) is 22.0. The molecule has 8 aromatic rings. The van der Waals surface area contributed by atoms with Crippen molar-refractivity contribution < 1.29 is 6.85 Å². The van der Waals surface area contributed by atoms with Gasteiger partial charge in [-0.1, -0.05) is 133 Å². The van der Waals surface area contributed by atoms with Crippen LogP contribution in [0.2, 0.25) is 0 Å². The van der Waals surface area contributed by atoms with Gasteiger partial charge in [-0.05, 0) is 68.1 Å². The summed E-state index contributed by atoms with van der Waals surface area (Å²) in [5.41, 5.74) is 6.72. The summed E-state index contributed by atoms with van der Waals surface area (Å²) in [6, 6.07) is 41.5. The van der Waals surface area contributed by atoms with Gasteiger partial charge >= 0.3 is 0 Å². The van der Waals surface area contributed by atoms with E-state index in [2.05, 4.69) is 84.9 Å². The number of hydrogen-bond acceptors (Lipinski definition) is 1. The van der Waals surface area contributed by atoms with Crippen LogP contribution in [0.4, 0.5) is 0 Å².